The van der Waals surface area contributed by atoms with Gasteiger partial charge in [-0.15, -0.1) is 0 Å². The molecule has 0 atom stereocenters. The number of H-pyrrole nitrogens is 1. The number of fused-ring (bicyclic) bond motifs is 1. The molecular formula is C19H9ClF3N5S. The number of rotatable bonds is 3. The van der Waals surface area contributed by atoms with Crippen LogP contribution in [-0.2, 0) is 6.18 Å². The Hall–Kier alpha value is -3.09. The summed E-state index contributed by atoms with van der Waals surface area (Å²) in [6, 6.07) is 10.00. The Morgan fingerprint density at radius 3 is 2.55 bits per heavy atom. The maximum atomic E-state index is 13.1. The zero-order chi connectivity index (χ0) is 20.6. The van der Waals surface area contributed by atoms with E-state index < -0.39 is 11.7 Å². The molecule has 4 rings (SSSR count). The molecule has 0 bridgehead atoms. The van der Waals surface area contributed by atoms with E-state index in [0.717, 1.165) is 17.2 Å². The normalized spacial score (nSPS) is 11.6. The summed E-state index contributed by atoms with van der Waals surface area (Å²) in [6.07, 6.45) is -0.942. The summed E-state index contributed by atoms with van der Waals surface area (Å²) >= 11 is 7.12. The predicted molar refractivity (Wildman–Crippen MR) is 102 cm³/mol. The number of aromatic amines is 1. The molecule has 0 spiro atoms. The summed E-state index contributed by atoms with van der Waals surface area (Å²) in [4.78, 5) is 16.1. The first-order valence-electron chi connectivity index (χ1n) is 8.10. The van der Waals surface area contributed by atoms with Crippen LogP contribution >= 0.6 is 23.4 Å². The van der Waals surface area contributed by atoms with E-state index >= 15 is 0 Å². The number of alkyl halides is 3. The molecule has 0 aliphatic heterocycles. The summed E-state index contributed by atoms with van der Waals surface area (Å²) in [5.41, 5.74) is 0.0993. The van der Waals surface area contributed by atoms with Crippen molar-refractivity contribution in [2.75, 3.05) is 0 Å². The molecule has 0 aliphatic carbocycles. The Bertz CT molecular complexity index is 1250. The van der Waals surface area contributed by atoms with E-state index in [1.54, 1.807) is 24.3 Å². The number of nitrogens with zero attached hydrogens (tertiary/aromatic N) is 4. The predicted octanol–water partition coefficient (Wildman–Crippen LogP) is 5.71. The highest BCUT2D eigenvalue weighted by Gasteiger charge is 2.31. The summed E-state index contributed by atoms with van der Waals surface area (Å²) in [7, 11) is 0. The topological polar surface area (TPSA) is 78.2 Å². The van der Waals surface area contributed by atoms with Gasteiger partial charge >= 0.3 is 6.18 Å². The zero-order valence-electron chi connectivity index (χ0n) is 14.3. The number of halogens is 4. The van der Waals surface area contributed by atoms with Gasteiger partial charge in [0.1, 0.15) is 11.7 Å². The van der Waals surface area contributed by atoms with E-state index in [2.05, 4.69) is 19.9 Å². The van der Waals surface area contributed by atoms with Crippen LogP contribution in [0.3, 0.4) is 0 Å². The molecule has 0 unspecified atom stereocenters. The minimum absolute atomic E-state index is 0.142. The Labute approximate surface area is 171 Å². The number of hydrogen-bond acceptors (Lipinski definition) is 5. The molecule has 29 heavy (non-hydrogen) atoms. The number of hydrogen-bond donors (Lipinski definition) is 1. The molecule has 1 aromatic carbocycles. The van der Waals surface area contributed by atoms with E-state index in [9.17, 15) is 18.4 Å². The minimum Gasteiger partial charge on any atom is -0.345 e. The summed E-state index contributed by atoms with van der Waals surface area (Å²) in [5.74, 6) is 0. The van der Waals surface area contributed by atoms with E-state index in [1.807, 2.05) is 6.07 Å². The van der Waals surface area contributed by atoms with Crippen molar-refractivity contribution in [2.45, 2.75) is 16.2 Å². The molecule has 0 saturated heterocycles. The first kappa shape index (κ1) is 19.2. The molecule has 3 heterocycles. The van der Waals surface area contributed by atoms with Gasteiger partial charge in [0.25, 0.3) is 0 Å². The van der Waals surface area contributed by atoms with Gasteiger partial charge in [-0.05, 0) is 42.1 Å². The zero-order valence-corrected chi connectivity index (χ0v) is 15.9. The van der Waals surface area contributed by atoms with Crippen LogP contribution in [0.5, 0.6) is 0 Å². The van der Waals surface area contributed by atoms with Gasteiger partial charge in [0.05, 0.1) is 16.8 Å². The van der Waals surface area contributed by atoms with Crippen LogP contribution in [0.2, 0.25) is 5.02 Å². The molecule has 0 amide bonds. The largest absolute Gasteiger partial charge is 0.417 e. The Kier molecular flexibility index (Phi) is 4.90. The molecule has 0 aliphatic rings. The van der Waals surface area contributed by atoms with Crippen LogP contribution < -0.4 is 0 Å². The molecule has 0 radical (unpaired) electrons. The first-order chi connectivity index (χ1) is 13.8. The molecule has 0 fully saturated rings. The van der Waals surface area contributed by atoms with Crippen molar-refractivity contribution < 1.29 is 13.2 Å². The number of aromatic nitrogens is 4. The van der Waals surface area contributed by atoms with Gasteiger partial charge < -0.3 is 4.98 Å². The minimum atomic E-state index is -4.53. The summed E-state index contributed by atoms with van der Waals surface area (Å²) < 4.78 is 39.3. The molecule has 4 aromatic rings. The third-order valence-electron chi connectivity index (χ3n) is 4.02. The van der Waals surface area contributed by atoms with Gasteiger partial charge in [0.2, 0.25) is 0 Å². The molecule has 144 valence electrons. The molecule has 10 heteroatoms. The van der Waals surface area contributed by atoms with Crippen LogP contribution in [0.1, 0.15) is 11.1 Å². The number of nitriles is 1. The van der Waals surface area contributed by atoms with Gasteiger partial charge in [-0.3, -0.25) is 0 Å². The van der Waals surface area contributed by atoms with Crippen molar-refractivity contribution in [3.05, 3.63) is 65.1 Å². The summed E-state index contributed by atoms with van der Waals surface area (Å²) in [5, 5.41) is 10.6. The second-order valence-electron chi connectivity index (χ2n) is 5.90. The van der Waals surface area contributed by atoms with Crippen LogP contribution in [-0.4, -0.2) is 19.9 Å². The molecule has 3 aromatic heterocycles. The van der Waals surface area contributed by atoms with Crippen LogP contribution in [0, 0.1) is 11.3 Å². The Balaban J connectivity index is 1.81. The van der Waals surface area contributed by atoms with E-state index in [-0.39, 0.29) is 22.3 Å². The average Bonchev–Trinajstić information content (AvgIpc) is 3.12. The number of benzene rings is 1. The molecular weight excluding hydrogens is 423 g/mol. The van der Waals surface area contributed by atoms with Crippen LogP contribution in [0.15, 0.2) is 59.0 Å². The highest BCUT2D eigenvalue weighted by Crippen LogP contribution is 2.35. The molecule has 1 N–H and O–H groups in total. The highest BCUT2D eigenvalue weighted by atomic mass is 35.5. The standard InChI is InChI=1S/C19H9ClF3N5S/c20-12-1-3-13(4-2-12)29-18-27-7-10(6-24)16(28-18)15-9-26-17-14(15)5-11(8-25-17)19(21,22)23/h1-5,7-9H,(H,25,26). The molecule has 5 nitrogen and oxygen atoms in total. The first-order valence-corrected chi connectivity index (χ1v) is 9.30. The number of pyridine rings is 1. The summed E-state index contributed by atoms with van der Waals surface area (Å²) in [6.45, 7) is 0. The van der Waals surface area contributed by atoms with Gasteiger partial charge in [-0.1, -0.05) is 11.6 Å². The fraction of sp³-hybridized carbons (Fsp3) is 0.0526. The van der Waals surface area contributed by atoms with Crippen molar-refractivity contribution in [3.63, 3.8) is 0 Å². The van der Waals surface area contributed by atoms with Gasteiger partial charge in [-0.2, -0.15) is 18.4 Å². The smallest absolute Gasteiger partial charge is 0.345 e. The lowest BCUT2D eigenvalue weighted by molar-refractivity contribution is -0.137. The quantitative estimate of drug-likeness (QED) is 0.420. The third-order valence-corrected chi connectivity index (χ3v) is 5.16. The van der Waals surface area contributed by atoms with Gasteiger partial charge in [0.15, 0.2) is 5.16 Å². The fourth-order valence-corrected chi connectivity index (χ4v) is 3.52. The van der Waals surface area contributed by atoms with E-state index in [1.165, 1.54) is 24.2 Å². The van der Waals surface area contributed by atoms with Crippen LogP contribution in [0.25, 0.3) is 22.3 Å². The van der Waals surface area contributed by atoms with Crippen molar-refractivity contribution >= 4 is 34.4 Å². The monoisotopic (exact) mass is 431 g/mol. The van der Waals surface area contributed by atoms with Crippen molar-refractivity contribution in [2.24, 2.45) is 0 Å². The van der Waals surface area contributed by atoms with Gasteiger partial charge in [-0.25, -0.2) is 15.0 Å². The van der Waals surface area contributed by atoms with Crippen molar-refractivity contribution in [3.8, 4) is 17.3 Å². The third kappa shape index (κ3) is 3.90. The Morgan fingerprint density at radius 2 is 1.86 bits per heavy atom. The maximum absolute atomic E-state index is 13.1. The molecule has 0 saturated carbocycles. The average molecular weight is 432 g/mol. The second-order valence-corrected chi connectivity index (χ2v) is 7.38. The SMILES string of the molecule is N#Cc1cnc(Sc2ccc(Cl)cc2)nc1-c1c[nH]c2ncc(C(F)(F)F)cc12. The second kappa shape index (κ2) is 7.39. The fourth-order valence-electron chi connectivity index (χ4n) is 2.66. The number of nitrogens with one attached hydrogen (secondary N) is 1. The van der Waals surface area contributed by atoms with Crippen molar-refractivity contribution in [1.29, 1.82) is 5.26 Å². The lowest BCUT2D eigenvalue weighted by Gasteiger charge is -2.08. The van der Waals surface area contributed by atoms with Crippen LogP contribution in [0.4, 0.5) is 13.2 Å². The van der Waals surface area contributed by atoms with Crippen molar-refractivity contribution in [1.82, 2.24) is 19.9 Å². The lowest BCUT2D eigenvalue weighted by Crippen LogP contribution is -2.05. The van der Waals surface area contributed by atoms with E-state index in [4.69, 9.17) is 11.6 Å². The Morgan fingerprint density at radius 1 is 1.10 bits per heavy atom. The highest BCUT2D eigenvalue weighted by molar-refractivity contribution is 7.99. The maximum Gasteiger partial charge on any atom is 0.417 e. The lowest BCUT2D eigenvalue weighted by atomic mass is 10.1. The van der Waals surface area contributed by atoms with Gasteiger partial charge in [0, 0.05) is 39.5 Å². The van der Waals surface area contributed by atoms with E-state index in [0.29, 0.717) is 15.7 Å².